The normalized spacial score (nSPS) is 44.2. The molecule has 0 aromatic rings. The van der Waals surface area contributed by atoms with Crippen LogP contribution in [0.3, 0.4) is 0 Å². The highest BCUT2D eigenvalue weighted by atomic mass is 16.3. The zero-order valence-corrected chi connectivity index (χ0v) is 10.2. The van der Waals surface area contributed by atoms with E-state index in [-0.39, 0.29) is 6.10 Å². The Balaban J connectivity index is 1.91. The van der Waals surface area contributed by atoms with E-state index in [1.165, 1.54) is 32.4 Å². The monoisotopic (exact) mass is 211 g/mol. The fourth-order valence-corrected chi connectivity index (χ4v) is 3.48. The molecule has 0 bridgehead atoms. The molecule has 2 nitrogen and oxygen atoms in total. The third-order valence-corrected chi connectivity index (χ3v) is 4.03. The minimum absolute atomic E-state index is 0.0312. The molecule has 1 saturated carbocycles. The topological polar surface area (TPSA) is 23.5 Å². The molecular weight excluding hydrogens is 186 g/mol. The van der Waals surface area contributed by atoms with Crippen LogP contribution in [0.15, 0.2) is 0 Å². The highest BCUT2D eigenvalue weighted by molar-refractivity contribution is 4.84. The van der Waals surface area contributed by atoms with E-state index in [9.17, 15) is 5.11 Å². The maximum Gasteiger partial charge on any atom is 0.0555 e. The number of nitrogens with zero attached hydrogens (tertiary/aromatic N) is 1. The van der Waals surface area contributed by atoms with Crippen molar-refractivity contribution in [2.24, 2.45) is 11.8 Å². The molecule has 0 spiro atoms. The SMILES string of the molecule is CC1CC(C)CN(C2CCCC(O)C2)C1. The molecule has 2 rings (SSSR count). The van der Waals surface area contributed by atoms with Crippen LogP contribution in [-0.2, 0) is 0 Å². The van der Waals surface area contributed by atoms with Gasteiger partial charge in [-0.2, -0.15) is 0 Å². The fourth-order valence-electron chi connectivity index (χ4n) is 3.48. The third kappa shape index (κ3) is 2.94. The van der Waals surface area contributed by atoms with E-state index in [1.807, 2.05) is 0 Å². The van der Waals surface area contributed by atoms with E-state index in [0.29, 0.717) is 6.04 Å². The van der Waals surface area contributed by atoms with Crippen molar-refractivity contribution in [3.8, 4) is 0 Å². The molecule has 2 fully saturated rings. The lowest BCUT2D eigenvalue weighted by Gasteiger charge is -2.42. The molecule has 4 unspecified atom stereocenters. The van der Waals surface area contributed by atoms with Crippen molar-refractivity contribution in [3.05, 3.63) is 0 Å². The number of aliphatic hydroxyl groups excluding tert-OH is 1. The average molecular weight is 211 g/mol. The van der Waals surface area contributed by atoms with E-state index in [2.05, 4.69) is 18.7 Å². The zero-order chi connectivity index (χ0) is 10.8. The van der Waals surface area contributed by atoms with Gasteiger partial charge in [-0.05, 0) is 43.9 Å². The molecule has 2 heteroatoms. The Kier molecular flexibility index (Phi) is 3.68. The molecule has 0 radical (unpaired) electrons. The van der Waals surface area contributed by atoms with Crippen LogP contribution >= 0.6 is 0 Å². The van der Waals surface area contributed by atoms with Crippen molar-refractivity contribution in [1.29, 1.82) is 0 Å². The van der Waals surface area contributed by atoms with Crippen molar-refractivity contribution in [2.45, 2.75) is 58.1 Å². The lowest BCUT2D eigenvalue weighted by molar-refractivity contribution is 0.0291. The Labute approximate surface area is 93.7 Å². The van der Waals surface area contributed by atoms with Crippen LogP contribution in [0.1, 0.15) is 46.0 Å². The van der Waals surface area contributed by atoms with E-state index in [1.54, 1.807) is 0 Å². The quantitative estimate of drug-likeness (QED) is 0.719. The Hall–Kier alpha value is -0.0800. The molecule has 4 atom stereocenters. The summed E-state index contributed by atoms with van der Waals surface area (Å²) in [6, 6.07) is 0.666. The number of likely N-dealkylation sites (tertiary alicyclic amines) is 1. The van der Waals surface area contributed by atoms with Crippen LogP contribution in [0.2, 0.25) is 0 Å². The van der Waals surface area contributed by atoms with Crippen molar-refractivity contribution in [1.82, 2.24) is 4.90 Å². The van der Waals surface area contributed by atoms with Crippen LogP contribution in [0.25, 0.3) is 0 Å². The second kappa shape index (κ2) is 4.84. The molecule has 1 aliphatic heterocycles. The maximum atomic E-state index is 9.72. The summed E-state index contributed by atoms with van der Waals surface area (Å²) in [4.78, 5) is 2.64. The molecular formula is C13H25NO. The van der Waals surface area contributed by atoms with Gasteiger partial charge < -0.3 is 5.11 Å². The van der Waals surface area contributed by atoms with Gasteiger partial charge in [-0.25, -0.2) is 0 Å². The first kappa shape index (κ1) is 11.4. The molecule has 15 heavy (non-hydrogen) atoms. The van der Waals surface area contributed by atoms with Crippen molar-refractivity contribution in [2.75, 3.05) is 13.1 Å². The van der Waals surface area contributed by atoms with Gasteiger partial charge in [-0.1, -0.05) is 13.8 Å². The van der Waals surface area contributed by atoms with Gasteiger partial charge in [0.2, 0.25) is 0 Å². The lowest BCUT2D eigenvalue weighted by atomic mass is 9.86. The predicted molar refractivity (Wildman–Crippen MR) is 62.8 cm³/mol. The van der Waals surface area contributed by atoms with Crippen LogP contribution in [0.5, 0.6) is 0 Å². The maximum absolute atomic E-state index is 9.72. The third-order valence-electron chi connectivity index (χ3n) is 4.03. The van der Waals surface area contributed by atoms with Gasteiger partial charge in [-0.3, -0.25) is 4.90 Å². The van der Waals surface area contributed by atoms with Crippen LogP contribution in [-0.4, -0.2) is 35.2 Å². The Morgan fingerprint density at radius 2 is 1.67 bits per heavy atom. The molecule has 0 aromatic heterocycles. The summed E-state index contributed by atoms with van der Waals surface area (Å²) in [6.45, 7) is 7.23. The van der Waals surface area contributed by atoms with Gasteiger partial charge in [0, 0.05) is 19.1 Å². The van der Waals surface area contributed by atoms with Crippen molar-refractivity contribution >= 4 is 0 Å². The van der Waals surface area contributed by atoms with Crippen molar-refractivity contribution < 1.29 is 5.11 Å². The van der Waals surface area contributed by atoms with Gasteiger partial charge in [0.15, 0.2) is 0 Å². The molecule has 1 heterocycles. The second-order valence-electron chi connectivity index (χ2n) is 5.87. The first-order valence-corrected chi connectivity index (χ1v) is 6.57. The van der Waals surface area contributed by atoms with E-state index >= 15 is 0 Å². The average Bonchev–Trinajstić information content (AvgIpc) is 2.16. The molecule has 1 saturated heterocycles. The second-order valence-corrected chi connectivity index (χ2v) is 5.87. The Morgan fingerprint density at radius 3 is 2.27 bits per heavy atom. The first-order valence-electron chi connectivity index (χ1n) is 6.57. The number of hydrogen-bond acceptors (Lipinski definition) is 2. The number of piperidine rings is 1. The van der Waals surface area contributed by atoms with Gasteiger partial charge in [-0.15, -0.1) is 0 Å². The highest BCUT2D eigenvalue weighted by Gasteiger charge is 2.30. The number of hydrogen-bond donors (Lipinski definition) is 1. The van der Waals surface area contributed by atoms with Crippen molar-refractivity contribution in [3.63, 3.8) is 0 Å². The standard InChI is InChI=1S/C13H25NO/c1-10-6-11(2)9-14(8-10)12-4-3-5-13(15)7-12/h10-13,15H,3-9H2,1-2H3. The first-order chi connectivity index (χ1) is 7.15. The highest BCUT2D eigenvalue weighted by Crippen LogP contribution is 2.29. The molecule has 88 valence electrons. The van der Waals surface area contributed by atoms with Gasteiger partial charge in [0.25, 0.3) is 0 Å². The molecule has 0 amide bonds. The lowest BCUT2D eigenvalue weighted by Crippen LogP contribution is -2.47. The minimum atomic E-state index is -0.0312. The zero-order valence-electron chi connectivity index (χ0n) is 10.2. The molecule has 2 aliphatic rings. The Morgan fingerprint density at radius 1 is 1.00 bits per heavy atom. The number of aliphatic hydroxyl groups is 1. The summed E-state index contributed by atoms with van der Waals surface area (Å²) < 4.78 is 0. The minimum Gasteiger partial charge on any atom is -0.393 e. The van der Waals surface area contributed by atoms with Crippen LogP contribution in [0.4, 0.5) is 0 Å². The largest absolute Gasteiger partial charge is 0.393 e. The summed E-state index contributed by atoms with van der Waals surface area (Å²) in [5.74, 6) is 1.68. The summed E-state index contributed by atoms with van der Waals surface area (Å²) in [6.07, 6.45) is 5.90. The summed E-state index contributed by atoms with van der Waals surface area (Å²) in [7, 11) is 0. The Bertz CT molecular complexity index is 197. The van der Waals surface area contributed by atoms with E-state index in [0.717, 1.165) is 24.7 Å². The predicted octanol–water partition coefficient (Wildman–Crippen LogP) is 2.27. The smallest absolute Gasteiger partial charge is 0.0555 e. The number of rotatable bonds is 1. The van der Waals surface area contributed by atoms with Gasteiger partial charge in [0.05, 0.1) is 6.10 Å². The van der Waals surface area contributed by atoms with Crippen LogP contribution in [0, 0.1) is 11.8 Å². The summed E-state index contributed by atoms with van der Waals surface area (Å²) in [5.41, 5.74) is 0. The summed E-state index contributed by atoms with van der Waals surface area (Å²) in [5, 5.41) is 9.72. The molecule has 1 aliphatic carbocycles. The van der Waals surface area contributed by atoms with E-state index in [4.69, 9.17) is 0 Å². The van der Waals surface area contributed by atoms with Gasteiger partial charge in [0.1, 0.15) is 0 Å². The fraction of sp³-hybridized carbons (Fsp3) is 1.00. The van der Waals surface area contributed by atoms with Gasteiger partial charge >= 0.3 is 0 Å². The molecule has 1 N–H and O–H groups in total. The van der Waals surface area contributed by atoms with Crippen LogP contribution < -0.4 is 0 Å². The van der Waals surface area contributed by atoms with E-state index < -0.39 is 0 Å². The molecule has 0 aromatic carbocycles. The summed E-state index contributed by atoms with van der Waals surface area (Å²) >= 11 is 0.